The number of hydrogen-bond donors (Lipinski definition) is 0. The second-order valence-electron chi connectivity index (χ2n) is 5.28. The number of amides is 1. The molecule has 1 heterocycles. The zero-order valence-corrected chi connectivity index (χ0v) is 12.1. The van der Waals surface area contributed by atoms with E-state index in [1.807, 2.05) is 11.0 Å². The lowest BCUT2D eigenvalue weighted by Crippen LogP contribution is -2.24. The first-order chi connectivity index (χ1) is 9.67. The summed E-state index contributed by atoms with van der Waals surface area (Å²) in [6.45, 7) is 3.56. The standard InChI is InChI=1S/C16H20N2O2/c1-3-4-12-8-16(19)18(10-12)11-13-5-6-15(20-2)14(7-13)9-17/h5-7,12H,3-4,8,10-11H2,1-2H3. The van der Waals surface area contributed by atoms with Crippen molar-refractivity contribution in [3.8, 4) is 11.8 Å². The average molecular weight is 272 g/mol. The van der Waals surface area contributed by atoms with Crippen molar-refractivity contribution in [1.82, 2.24) is 4.90 Å². The molecule has 1 aromatic carbocycles. The third-order valence-electron chi connectivity index (χ3n) is 3.75. The van der Waals surface area contributed by atoms with Gasteiger partial charge in [-0.3, -0.25) is 4.79 Å². The summed E-state index contributed by atoms with van der Waals surface area (Å²) in [5, 5.41) is 9.09. The van der Waals surface area contributed by atoms with E-state index in [1.54, 1.807) is 19.2 Å². The molecular weight excluding hydrogens is 252 g/mol. The molecule has 0 aliphatic carbocycles. The highest BCUT2D eigenvalue weighted by molar-refractivity contribution is 5.78. The Labute approximate surface area is 120 Å². The van der Waals surface area contributed by atoms with Crippen LogP contribution in [-0.4, -0.2) is 24.5 Å². The monoisotopic (exact) mass is 272 g/mol. The first-order valence-corrected chi connectivity index (χ1v) is 7.02. The lowest BCUT2D eigenvalue weighted by molar-refractivity contribution is -0.128. The Morgan fingerprint density at radius 2 is 2.30 bits per heavy atom. The molecule has 0 radical (unpaired) electrons. The van der Waals surface area contributed by atoms with Crippen LogP contribution in [-0.2, 0) is 11.3 Å². The predicted molar refractivity (Wildman–Crippen MR) is 76.1 cm³/mol. The fraction of sp³-hybridized carbons (Fsp3) is 0.500. The van der Waals surface area contributed by atoms with Gasteiger partial charge in [0.15, 0.2) is 0 Å². The maximum Gasteiger partial charge on any atom is 0.223 e. The summed E-state index contributed by atoms with van der Waals surface area (Å²) >= 11 is 0. The van der Waals surface area contributed by atoms with Crippen molar-refractivity contribution >= 4 is 5.91 Å². The number of rotatable bonds is 5. The number of likely N-dealkylation sites (tertiary alicyclic amines) is 1. The highest BCUT2D eigenvalue weighted by Crippen LogP contribution is 2.25. The van der Waals surface area contributed by atoms with Crippen LogP contribution in [0.1, 0.15) is 37.3 Å². The van der Waals surface area contributed by atoms with E-state index in [4.69, 9.17) is 10.00 Å². The Morgan fingerprint density at radius 1 is 1.50 bits per heavy atom. The van der Waals surface area contributed by atoms with Crippen LogP contribution in [0.15, 0.2) is 18.2 Å². The lowest BCUT2D eigenvalue weighted by atomic mass is 10.0. The molecule has 1 atom stereocenters. The largest absolute Gasteiger partial charge is 0.495 e. The summed E-state index contributed by atoms with van der Waals surface area (Å²) in [4.78, 5) is 13.9. The molecule has 1 fully saturated rings. The van der Waals surface area contributed by atoms with E-state index in [1.165, 1.54) is 0 Å². The molecule has 0 spiro atoms. The molecule has 4 heteroatoms. The topological polar surface area (TPSA) is 53.3 Å². The van der Waals surface area contributed by atoms with E-state index in [0.29, 0.717) is 30.2 Å². The quantitative estimate of drug-likeness (QED) is 0.828. The number of nitriles is 1. The molecule has 0 saturated carbocycles. The number of ether oxygens (including phenoxy) is 1. The first kappa shape index (κ1) is 14.4. The molecule has 0 N–H and O–H groups in total. The van der Waals surface area contributed by atoms with E-state index in [0.717, 1.165) is 24.9 Å². The highest BCUT2D eigenvalue weighted by atomic mass is 16.5. The minimum absolute atomic E-state index is 0.220. The molecule has 2 rings (SSSR count). The van der Waals surface area contributed by atoms with Gasteiger partial charge in [-0.05, 0) is 30.0 Å². The molecule has 1 unspecified atom stereocenters. The highest BCUT2D eigenvalue weighted by Gasteiger charge is 2.28. The Kier molecular flexibility index (Phi) is 4.62. The van der Waals surface area contributed by atoms with Crippen LogP contribution in [0, 0.1) is 17.2 Å². The van der Waals surface area contributed by atoms with Crippen LogP contribution >= 0.6 is 0 Å². The van der Waals surface area contributed by atoms with Gasteiger partial charge in [0.05, 0.1) is 12.7 Å². The maximum absolute atomic E-state index is 12.0. The first-order valence-electron chi connectivity index (χ1n) is 7.02. The minimum atomic E-state index is 0.220. The second kappa shape index (κ2) is 6.42. The van der Waals surface area contributed by atoms with Crippen molar-refractivity contribution < 1.29 is 9.53 Å². The number of methoxy groups -OCH3 is 1. The van der Waals surface area contributed by atoms with Crippen molar-refractivity contribution in [2.45, 2.75) is 32.7 Å². The number of hydrogen-bond acceptors (Lipinski definition) is 3. The van der Waals surface area contributed by atoms with Gasteiger partial charge >= 0.3 is 0 Å². The van der Waals surface area contributed by atoms with Gasteiger partial charge < -0.3 is 9.64 Å². The fourth-order valence-electron chi connectivity index (χ4n) is 2.77. The summed E-state index contributed by atoms with van der Waals surface area (Å²) < 4.78 is 5.13. The van der Waals surface area contributed by atoms with Gasteiger partial charge in [0.25, 0.3) is 0 Å². The molecule has 1 aliphatic heterocycles. The Bertz CT molecular complexity index is 534. The molecule has 1 aromatic rings. The lowest BCUT2D eigenvalue weighted by Gasteiger charge is -2.17. The van der Waals surface area contributed by atoms with E-state index in [-0.39, 0.29) is 5.91 Å². The summed E-state index contributed by atoms with van der Waals surface area (Å²) in [5.74, 6) is 1.28. The van der Waals surface area contributed by atoms with Crippen molar-refractivity contribution in [1.29, 1.82) is 5.26 Å². The zero-order valence-electron chi connectivity index (χ0n) is 12.1. The van der Waals surface area contributed by atoms with Gasteiger partial charge in [0, 0.05) is 19.5 Å². The molecule has 106 valence electrons. The van der Waals surface area contributed by atoms with E-state index in [2.05, 4.69) is 13.0 Å². The summed E-state index contributed by atoms with van der Waals surface area (Å²) in [6.07, 6.45) is 2.89. The molecule has 1 amide bonds. The van der Waals surface area contributed by atoms with Crippen molar-refractivity contribution in [3.63, 3.8) is 0 Å². The van der Waals surface area contributed by atoms with Gasteiger partial charge in [0.1, 0.15) is 11.8 Å². The Balaban J connectivity index is 2.07. The summed E-state index contributed by atoms with van der Waals surface area (Å²) in [7, 11) is 1.55. The van der Waals surface area contributed by atoms with Gasteiger partial charge in [-0.15, -0.1) is 0 Å². The van der Waals surface area contributed by atoms with Crippen LogP contribution in [0.3, 0.4) is 0 Å². The second-order valence-corrected chi connectivity index (χ2v) is 5.28. The van der Waals surface area contributed by atoms with Gasteiger partial charge in [-0.1, -0.05) is 19.4 Å². The third kappa shape index (κ3) is 3.11. The maximum atomic E-state index is 12.0. The van der Waals surface area contributed by atoms with Gasteiger partial charge in [-0.25, -0.2) is 0 Å². The Morgan fingerprint density at radius 3 is 2.95 bits per heavy atom. The molecule has 1 saturated heterocycles. The Hall–Kier alpha value is -2.02. The SMILES string of the molecule is CCCC1CC(=O)N(Cc2ccc(OC)c(C#N)c2)C1. The van der Waals surface area contributed by atoms with Crippen LogP contribution in [0.25, 0.3) is 0 Å². The van der Waals surface area contributed by atoms with Crippen LogP contribution in [0.5, 0.6) is 5.75 Å². The van der Waals surface area contributed by atoms with Crippen LogP contribution in [0.2, 0.25) is 0 Å². The molecular formula is C16H20N2O2. The molecule has 0 aromatic heterocycles. The van der Waals surface area contributed by atoms with Gasteiger partial charge in [0.2, 0.25) is 5.91 Å². The minimum Gasteiger partial charge on any atom is -0.495 e. The summed E-state index contributed by atoms with van der Waals surface area (Å²) in [6, 6.07) is 7.63. The zero-order chi connectivity index (χ0) is 14.5. The number of benzene rings is 1. The van der Waals surface area contributed by atoms with E-state index < -0.39 is 0 Å². The van der Waals surface area contributed by atoms with Crippen molar-refractivity contribution in [3.05, 3.63) is 29.3 Å². The predicted octanol–water partition coefficient (Wildman–Crippen LogP) is 2.72. The molecule has 1 aliphatic rings. The van der Waals surface area contributed by atoms with E-state index in [9.17, 15) is 4.79 Å². The normalized spacial score (nSPS) is 18.1. The smallest absolute Gasteiger partial charge is 0.223 e. The summed E-state index contributed by atoms with van der Waals surface area (Å²) in [5.41, 5.74) is 1.50. The van der Waals surface area contributed by atoms with Crippen molar-refractivity contribution in [2.24, 2.45) is 5.92 Å². The third-order valence-corrected chi connectivity index (χ3v) is 3.75. The molecule has 20 heavy (non-hydrogen) atoms. The van der Waals surface area contributed by atoms with Gasteiger partial charge in [-0.2, -0.15) is 5.26 Å². The van der Waals surface area contributed by atoms with Crippen LogP contribution in [0.4, 0.5) is 0 Å². The average Bonchev–Trinajstić information content (AvgIpc) is 2.79. The fourth-order valence-corrected chi connectivity index (χ4v) is 2.77. The van der Waals surface area contributed by atoms with Crippen LogP contribution < -0.4 is 4.74 Å². The number of nitrogens with zero attached hydrogens (tertiary/aromatic N) is 2. The number of carbonyl (C=O) groups excluding carboxylic acids is 1. The molecule has 4 nitrogen and oxygen atoms in total. The molecule has 0 bridgehead atoms. The van der Waals surface area contributed by atoms with E-state index >= 15 is 0 Å². The number of carbonyl (C=O) groups is 1. The van der Waals surface area contributed by atoms with Crippen molar-refractivity contribution in [2.75, 3.05) is 13.7 Å².